The minimum Gasteiger partial charge on any atom is -0.388 e. The van der Waals surface area contributed by atoms with Crippen LogP contribution in [0.4, 0.5) is 4.39 Å². The highest BCUT2D eigenvalue weighted by Gasteiger charge is 2.39. The van der Waals surface area contributed by atoms with E-state index in [9.17, 15) is 4.39 Å². The number of nitrogens with one attached hydrogen (secondary N) is 1. The fraction of sp³-hybridized carbons (Fsp3) is 0.310. The Bertz CT molecular complexity index is 1030. The van der Waals surface area contributed by atoms with Gasteiger partial charge in [-0.15, -0.1) is 11.3 Å². The Morgan fingerprint density at radius 2 is 1.67 bits per heavy atom. The second-order valence-corrected chi connectivity index (χ2v) is 9.89. The number of rotatable bonds is 10. The van der Waals surface area contributed by atoms with Crippen molar-refractivity contribution in [2.24, 2.45) is 0 Å². The van der Waals surface area contributed by atoms with Gasteiger partial charge < -0.3 is 10.2 Å². The molecule has 2 heterocycles. The second kappa shape index (κ2) is 10.8. The predicted molar refractivity (Wildman–Crippen MR) is 138 cm³/mol. The van der Waals surface area contributed by atoms with Gasteiger partial charge in [0.25, 0.3) is 0 Å². The van der Waals surface area contributed by atoms with Crippen molar-refractivity contribution in [3.05, 3.63) is 118 Å². The lowest BCUT2D eigenvalue weighted by Gasteiger charge is -2.45. The van der Waals surface area contributed by atoms with E-state index in [4.69, 9.17) is 0 Å². The molecular weight excluding hydrogens is 427 g/mol. The Morgan fingerprint density at radius 1 is 0.939 bits per heavy atom. The molecule has 0 spiro atoms. The minimum atomic E-state index is -0.185. The van der Waals surface area contributed by atoms with Crippen LogP contribution in [0.3, 0.4) is 0 Å². The molecule has 4 heteroatoms. The van der Waals surface area contributed by atoms with Crippen LogP contribution in [0.5, 0.6) is 0 Å². The van der Waals surface area contributed by atoms with Crippen molar-refractivity contribution in [1.29, 1.82) is 0 Å². The van der Waals surface area contributed by atoms with Crippen LogP contribution in [0.2, 0.25) is 0 Å². The third-order valence-electron chi connectivity index (χ3n) is 6.87. The van der Waals surface area contributed by atoms with Gasteiger partial charge in [0.05, 0.1) is 0 Å². The number of allylic oxidation sites excluding steroid dienone is 2. The number of halogens is 1. The molecule has 1 aliphatic heterocycles. The molecule has 0 amide bonds. The quantitative estimate of drug-likeness (QED) is 0.362. The average Bonchev–Trinajstić information content (AvgIpc) is 3.37. The lowest BCUT2D eigenvalue weighted by Crippen LogP contribution is -2.46. The van der Waals surface area contributed by atoms with Gasteiger partial charge in [-0.25, -0.2) is 4.39 Å². The second-order valence-electron chi connectivity index (χ2n) is 8.86. The van der Waals surface area contributed by atoms with Gasteiger partial charge in [-0.05, 0) is 66.8 Å². The molecule has 4 rings (SSSR count). The molecule has 3 aromatic rings. The summed E-state index contributed by atoms with van der Waals surface area (Å²) in [6.07, 6.45) is 4.82. The van der Waals surface area contributed by atoms with Gasteiger partial charge in [0.1, 0.15) is 5.82 Å². The van der Waals surface area contributed by atoms with Gasteiger partial charge >= 0.3 is 0 Å². The van der Waals surface area contributed by atoms with Crippen molar-refractivity contribution in [2.45, 2.75) is 37.5 Å². The molecule has 0 bridgehead atoms. The first-order chi connectivity index (χ1) is 16.1. The highest BCUT2D eigenvalue weighted by Crippen LogP contribution is 2.41. The van der Waals surface area contributed by atoms with Crippen molar-refractivity contribution >= 4 is 11.3 Å². The molecular formula is C29H33FN2S. The Labute approximate surface area is 201 Å². The Hall–Kier alpha value is -2.85. The maximum Gasteiger partial charge on any atom is 0.123 e. The summed E-state index contributed by atoms with van der Waals surface area (Å²) in [6.45, 7) is 11.7. The number of aryl methyl sites for hydroxylation is 1. The summed E-state index contributed by atoms with van der Waals surface area (Å²) in [4.78, 5) is 3.82. The zero-order valence-corrected chi connectivity index (χ0v) is 20.0. The number of piperidine rings is 1. The van der Waals surface area contributed by atoms with Gasteiger partial charge in [0.2, 0.25) is 0 Å². The first kappa shape index (κ1) is 23.3. The van der Waals surface area contributed by atoms with Crippen LogP contribution in [-0.2, 0) is 18.3 Å². The van der Waals surface area contributed by atoms with Crippen molar-refractivity contribution in [3.63, 3.8) is 0 Å². The fourth-order valence-electron chi connectivity index (χ4n) is 4.78. The molecule has 1 N–H and O–H groups in total. The van der Waals surface area contributed by atoms with Gasteiger partial charge in [-0.3, -0.25) is 0 Å². The van der Waals surface area contributed by atoms with Crippen molar-refractivity contribution < 1.29 is 4.39 Å². The van der Waals surface area contributed by atoms with Gasteiger partial charge in [-0.2, -0.15) is 0 Å². The summed E-state index contributed by atoms with van der Waals surface area (Å²) in [5, 5.41) is 5.80. The molecule has 1 saturated heterocycles. The van der Waals surface area contributed by atoms with Crippen LogP contribution in [-0.4, -0.2) is 24.5 Å². The monoisotopic (exact) mass is 460 g/mol. The van der Waals surface area contributed by atoms with E-state index < -0.39 is 0 Å². The number of nitrogens with zero attached hydrogens (tertiary/aromatic N) is 1. The van der Waals surface area contributed by atoms with Crippen LogP contribution in [0.1, 0.15) is 35.3 Å². The number of thiophene rings is 1. The first-order valence-electron chi connectivity index (χ1n) is 11.8. The van der Waals surface area contributed by atoms with E-state index in [1.165, 1.54) is 22.6 Å². The van der Waals surface area contributed by atoms with E-state index in [1.54, 1.807) is 0 Å². The molecule has 0 aliphatic carbocycles. The molecule has 1 fully saturated rings. The fourth-order valence-corrected chi connectivity index (χ4v) is 5.49. The lowest BCUT2D eigenvalue weighted by atomic mass is 9.70. The summed E-state index contributed by atoms with van der Waals surface area (Å²) in [6, 6.07) is 21.9. The van der Waals surface area contributed by atoms with E-state index in [1.807, 2.05) is 23.5 Å². The molecule has 2 aromatic carbocycles. The Balaban J connectivity index is 1.37. The third kappa shape index (κ3) is 5.75. The number of hydrogen-bond donors (Lipinski definition) is 1. The Kier molecular flexibility index (Phi) is 7.66. The topological polar surface area (TPSA) is 15.3 Å². The smallest absolute Gasteiger partial charge is 0.123 e. The van der Waals surface area contributed by atoms with E-state index in [0.29, 0.717) is 0 Å². The number of hydrogen-bond acceptors (Lipinski definition) is 3. The van der Waals surface area contributed by atoms with E-state index >= 15 is 0 Å². The standard InChI is InChI=1S/C29H33FN2S/c1-23(10-11-25-12-14-27(30)15-13-25)32-20-17-29(18-21-32,26-7-4-3-5-8-26)24(2)31-19-16-28-9-6-22-33-28/h3-9,12-15,22,31H,1-2,10-11,16-21H2. The molecule has 2 nitrogen and oxygen atoms in total. The molecule has 1 aliphatic rings. The third-order valence-corrected chi connectivity index (χ3v) is 7.81. The molecule has 0 radical (unpaired) electrons. The van der Waals surface area contributed by atoms with Crippen LogP contribution in [0.25, 0.3) is 0 Å². The van der Waals surface area contributed by atoms with Crippen molar-refractivity contribution in [2.75, 3.05) is 19.6 Å². The van der Waals surface area contributed by atoms with Crippen LogP contribution < -0.4 is 5.32 Å². The molecule has 1 aromatic heterocycles. The molecule has 0 unspecified atom stereocenters. The first-order valence-corrected chi connectivity index (χ1v) is 12.6. The van der Waals surface area contributed by atoms with Crippen molar-refractivity contribution in [1.82, 2.24) is 10.2 Å². The van der Waals surface area contributed by atoms with Crippen LogP contribution >= 0.6 is 11.3 Å². The maximum absolute atomic E-state index is 13.2. The summed E-state index contributed by atoms with van der Waals surface area (Å²) < 4.78 is 13.2. The van der Waals surface area contributed by atoms with Crippen LogP contribution in [0.15, 0.2) is 96.7 Å². The highest BCUT2D eigenvalue weighted by molar-refractivity contribution is 7.09. The largest absolute Gasteiger partial charge is 0.388 e. The Morgan fingerprint density at radius 3 is 2.33 bits per heavy atom. The van der Waals surface area contributed by atoms with Gasteiger partial charge in [-0.1, -0.05) is 61.7 Å². The molecule has 172 valence electrons. The zero-order chi connectivity index (χ0) is 23.1. The maximum atomic E-state index is 13.2. The number of benzene rings is 2. The average molecular weight is 461 g/mol. The lowest BCUT2D eigenvalue weighted by molar-refractivity contribution is 0.207. The van der Waals surface area contributed by atoms with Gasteiger partial charge in [0.15, 0.2) is 0 Å². The summed E-state index contributed by atoms with van der Waals surface area (Å²) in [5.41, 5.74) is 4.72. The van der Waals surface area contributed by atoms with Gasteiger partial charge in [0, 0.05) is 41.3 Å². The highest BCUT2D eigenvalue weighted by atomic mass is 32.1. The van der Waals surface area contributed by atoms with E-state index in [2.05, 4.69) is 71.2 Å². The van der Waals surface area contributed by atoms with Crippen LogP contribution in [0, 0.1) is 5.82 Å². The zero-order valence-electron chi connectivity index (χ0n) is 19.2. The number of likely N-dealkylation sites (tertiary alicyclic amines) is 1. The molecule has 33 heavy (non-hydrogen) atoms. The summed E-state index contributed by atoms with van der Waals surface area (Å²) in [7, 11) is 0. The summed E-state index contributed by atoms with van der Waals surface area (Å²) in [5.74, 6) is -0.185. The SMILES string of the molecule is C=C(CCc1ccc(F)cc1)N1CCC(C(=C)NCCc2cccs2)(c2ccccc2)CC1. The predicted octanol–water partition coefficient (Wildman–Crippen LogP) is 6.71. The van der Waals surface area contributed by atoms with E-state index in [0.717, 1.165) is 68.7 Å². The molecule has 0 atom stereocenters. The summed E-state index contributed by atoms with van der Waals surface area (Å²) >= 11 is 1.81. The molecule has 0 saturated carbocycles. The normalized spacial score (nSPS) is 15.2. The van der Waals surface area contributed by atoms with E-state index in [-0.39, 0.29) is 11.2 Å². The minimum absolute atomic E-state index is 0.0650. The van der Waals surface area contributed by atoms with Crippen molar-refractivity contribution in [3.8, 4) is 0 Å².